The predicted molar refractivity (Wildman–Crippen MR) is 99.4 cm³/mol. The molecule has 0 aliphatic carbocycles. The summed E-state index contributed by atoms with van der Waals surface area (Å²) >= 11 is 0. The maximum absolute atomic E-state index is 12.6. The lowest BCUT2D eigenvalue weighted by atomic mass is 10.1. The molecule has 0 aromatic heterocycles. The summed E-state index contributed by atoms with van der Waals surface area (Å²) in [6.07, 6.45) is 0. The highest BCUT2D eigenvalue weighted by atomic mass is 32.2. The van der Waals surface area contributed by atoms with Crippen LogP contribution in [0.4, 0.5) is 5.69 Å². The molecule has 0 unspecified atom stereocenters. The number of primary sulfonamides is 1. The fourth-order valence-electron chi connectivity index (χ4n) is 2.40. The molecule has 3 N–H and O–H groups in total. The van der Waals surface area contributed by atoms with Crippen LogP contribution in [0.15, 0.2) is 35.2 Å². The molecule has 0 aliphatic heterocycles. The Hall–Kier alpha value is -2.58. The summed E-state index contributed by atoms with van der Waals surface area (Å²) in [7, 11) is -2.39. The number of methoxy groups -OCH3 is 1. The molecule has 0 saturated heterocycles. The smallest absolute Gasteiger partial charge is 0.255 e. The number of benzene rings is 2. The molecule has 1 amide bonds. The lowest BCUT2D eigenvalue weighted by Gasteiger charge is -2.14. The summed E-state index contributed by atoms with van der Waals surface area (Å²) < 4.78 is 33.9. The van der Waals surface area contributed by atoms with E-state index in [-0.39, 0.29) is 4.90 Å². The number of carbonyl (C=O) groups is 1. The number of nitrogens with one attached hydrogen (secondary N) is 1. The van der Waals surface area contributed by atoms with Gasteiger partial charge < -0.3 is 14.8 Å². The van der Waals surface area contributed by atoms with Gasteiger partial charge in [-0.3, -0.25) is 4.79 Å². The third-order valence-corrected chi connectivity index (χ3v) is 4.84. The quantitative estimate of drug-likeness (QED) is 0.803. The summed E-state index contributed by atoms with van der Waals surface area (Å²) in [5.41, 5.74) is 2.19. The largest absolute Gasteiger partial charge is 0.493 e. The number of amides is 1. The molecule has 2 aromatic carbocycles. The Morgan fingerprint density at radius 3 is 2.42 bits per heavy atom. The number of hydrogen-bond acceptors (Lipinski definition) is 5. The molecule has 26 heavy (non-hydrogen) atoms. The van der Waals surface area contributed by atoms with Crippen molar-refractivity contribution in [1.82, 2.24) is 0 Å². The Morgan fingerprint density at radius 2 is 1.85 bits per heavy atom. The second-order valence-electron chi connectivity index (χ2n) is 5.71. The summed E-state index contributed by atoms with van der Waals surface area (Å²) in [5.74, 6) is 0.570. The van der Waals surface area contributed by atoms with Crippen molar-refractivity contribution in [2.45, 2.75) is 25.7 Å². The molecule has 8 heteroatoms. The molecular weight excluding hydrogens is 356 g/mol. The minimum atomic E-state index is -3.88. The minimum Gasteiger partial charge on any atom is -0.493 e. The Balaban J connectivity index is 2.37. The minimum absolute atomic E-state index is 0.0554. The van der Waals surface area contributed by atoms with Gasteiger partial charge in [0.25, 0.3) is 5.91 Å². The van der Waals surface area contributed by atoms with Crippen molar-refractivity contribution in [1.29, 1.82) is 0 Å². The fraction of sp³-hybridized carbons (Fsp3) is 0.278. The molecule has 0 atom stereocenters. The van der Waals surface area contributed by atoms with E-state index >= 15 is 0 Å². The van der Waals surface area contributed by atoms with Gasteiger partial charge in [-0.05, 0) is 62.2 Å². The number of aryl methyl sites for hydroxylation is 1. The first-order chi connectivity index (χ1) is 12.2. The second kappa shape index (κ2) is 7.76. The molecule has 0 fully saturated rings. The van der Waals surface area contributed by atoms with Gasteiger partial charge in [-0.25, -0.2) is 13.6 Å². The summed E-state index contributed by atoms with van der Waals surface area (Å²) in [5, 5.41) is 7.93. The first kappa shape index (κ1) is 19.7. The first-order valence-electron chi connectivity index (χ1n) is 7.93. The molecule has 0 heterocycles. The molecule has 140 valence electrons. The number of rotatable bonds is 6. The number of carbonyl (C=O) groups excluding carboxylic acids is 1. The molecule has 0 bridgehead atoms. The van der Waals surface area contributed by atoms with E-state index in [4.69, 9.17) is 14.6 Å². The zero-order chi connectivity index (χ0) is 19.5. The van der Waals surface area contributed by atoms with Crippen LogP contribution in [0.2, 0.25) is 0 Å². The molecule has 0 saturated carbocycles. The number of hydrogen-bond donors (Lipinski definition) is 2. The van der Waals surface area contributed by atoms with E-state index < -0.39 is 15.9 Å². The highest BCUT2D eigenvalue weighted by Gasteiger charge is 2.16. The average molecular weight is 378 g/mol. The van der Waals surface area contributed by atoms with Crippen LogP contribution in [0.5, 0.6) is 11.5 Å². The summed E-state index contributed by atoms with van der Waals surface area (Å²) in [6, 6.07) is 7.64. The highest BCUT2D eigenvalue weighted by Crippen LogP contribution is 2.29. The topological polar surface area (TPSA) is 108 Å². The molecule has 0 aliphatic rings. The normalized spacial score (nSPS) is 11.1. The maximum atomic E-state index is 12.6. The molecule has 2 rings (SSSR count). The van der Waals surface area contributed by atoms with Crippen LogP contribution < -0.4 is 19.9 Å². The third-order valence-electron chi connectivity index (χ3n) is 3.94. The standard InChI is InChI=1S/C18H22N2O5S/c1-5-25-16-7-6-13(9-17(16)24-4)18(21)20-15-10-14(26(19,22)23)8-11(2)12(15)3/h6-10H,5H2,1-4H3,(H,20,21)(H2,19,22,23). The number of sulfonamides is 1. The highest BCUT2D eigenvalue weighted by molar-refractivity contribution is 7.89. The van der Waals surface area contributed by atoms with E-state index in [0.717, 1.165) is 5.56 Å². The van der Waals surface area contributed by atoms with Crippen molar-refractivity contribution in [2.75, 3.05) is 19.0 Å². The zero-order valence-electron chi connectivity index (χ0n) is 15.1. The Labute approximate surface area is 153 Å². The second-order valence-corrected chi connectivity index (χ2v) is 7.27. The Bertz CT molecular complexity index is 939. The summed E-state index contributed by atoms with van der Waals surface area (Å²) in [4.78, 5) is 12.5. The van der Waals surface area contributed by atoms with Gasteiger partial charge in [-0.2, -0.15) is 0 Å². The number of anilines is 1. The molecule has 2 aromatic rings. The van der Waals surface area contributed by atoms with Crippen LogP contribution >= 0.6 is 0 Å². The van der Waals surface area contributed by atoms with Crippen molar-refractivity contribution >= 4 is 21.6 Å². The lowest BCUT2D eigenvalue weighted by molar-refractivity contribution is 0.102. The molecular formula is C18H22N2O5S. The van der Waals surface area contributed by atoms with Crippen molar-refractivity contribution in [3.63, 3.8) is 0 Å². The van der Waals surface area contributed by atoms with Crippen LogP contribution in [0, 0.1) is 13.8 Å². The van der Waals surface area contributed by atoms with Gasteiger partial charge in [0.1, 0.15) is 0 Å². The van der Waals surface area contributed by atoms with Gasteiger partial charge in [-0.1, -0.05) is 0 Å². The number of nitrogens with two attached hydrogens (primary N) is 1. The van der Waals surface area contributed by atoms with E-state index in [0.29, 0.717) is 34.9 Å². The predicted octanol–water partition coefficient (Wildman–Crippen LogP) is 2.61. The van der Waals surface area contributed by atoms with Crippen LogP contribution in [-0.2, 0) is 10.0 Å². The monoisotopic (exact) mass is 378 g/mol. The summed E-state index contributed by atoms with van der Waals surface area (Å²) in [6.45, 7) is 5.86. The Morgan fingerprint density at radius 1 is 1.15 bits per heavy atom. The van der Waals surface area contributed by atoms with Crippen LogP contribution in [0.25, 0.3) is 0 Å². The van der Waals surface area contributed by atoms with E-state index in [1.54, 1.807) is 32.0 Å². The van der Waals surface area contributed by atoms with E-state index in [1.807, 2.05) is 6.92 Å². The van der Waals surface area contributed by atoms with Gasteiger partial charge in [0, 0.05) is 11.3 Å². The average Bonchev–Trinajstić information content (AvgIpc) is 2.58. The molecule has 0 spiro atoms. The van der Waals surface area contributed by atoms with Crippen molar-refractivity contribution < 1.29 is 22.7 Å². The van der Waals surface area contributed by atoms with E-state index in [2.05, 4.69) is 5.32 Å². The van der Waals surface area contributed by atoms with Crippen molar-refractivity contribution in [3.8, 4) is 11.5 Å². The van der Waals surface area contributed by atoms with Crippen molar-refractivity contribution in [2.24, 2.45) is 5.14 Å². The Kier molecular flexibility index (Phi) is 5.89. The van der Waals surface area contributed by atoms with Crippen LogP contribution in [-0.4, -0.2) is 28.0 Å². The van der Waals surface area contributed by atoms with Crippen LogP contribution in [0.3, 0.4) is 0 Å². The number of ether oxygens (including phenoxy) is 2. The van der Waals surface area contributed by atoms with Gasteiger partial charge in [0.2, 0.25) is 10.0 Å². The maximum Gasteiger partial charge on any atom is 0.255 e. The lowest BCUT2D eigenvalue weighted by Crippen LogP contribution is -2.16. The zero-order valence-corrected chi connectivity index (χ0v) is 15.9. The first-order valence-corrected chi connectivity index (χ1v) is 9.48. The fourth-order valence-corrected chi connectivity index (χ4v) is 3.02. The van der Waals surface area contributed by atoms with Gasteiger partial charge in [0.15, 0.2) is 11.5 Å². The third kappa shape index (κ3) is 4.33. The van der Waals surface area contributed by atoms with E-state index in [9.17, 15) is 13.2 Å². The SMILES string of the molecule is CCOc1ccc(C(=O)Nc2cc(S(N)(=O)=O)cc(C)c2C)cc1OC. The van der Waals surface area contributed by atoms with Crippen LogP contribution in [0.1, 0.15) is 28.4 Å². The molecule has 7 nitrogen and oxygen atoms in total. The van der Waals surface area contributed by atoms with Crippen molar-refractivity contribution in [3.05, 3.63) is 47.0 Å². The molecule has 0 radical (unpaired) electrons. The van der Waals surface area contributed by atoms with Gasteiger partial charge in [-0.15, -0.1) is 0 Å². The van der Waals surface area contributed by atoms with E-state index in [1.165, 1.54) is 19.2 Å². The van der Waals surface area contributed by atoms with Gasteiger partial charge in [0.05, 0.1) is 18.6 Å². The van der Waals surface area contributed by atoms with Gasteiger partial charge >= 0.3 is 0 Å².